The van der Waals surface area contributed by atoms with Crippen molar-refractivity contribution < 1.29 is 24.2 Å². The summed E-state index contributed by atoms with van der Waals surface area (Å²) < 4.78 is 5.03. The molecule has 108 valence electrons. The summed E-state index contributed by atoms with van der Waals surface area (Å²) in [5.41, 5.74) is 4.60. The number of amides is 2. The van der Waals surface area contributed by atoms with E-state index in [-0.39, 0.29) is 19.4 Å². The Balaban J connectivity index is 2.11. The fourth-order valence-electron chi connectivity index (χ4n) is 1.39. The normalized spacial score (nSPS) is 9.60. The van der Waals surface area contributed by atoms with E-state index in [9.17, 15) is 14.4 Å². The molecule has 20 heavy (non-hydrogen) atoms. The number of carbonyl (C=O) groups is 3. The fraction of sp³-hybridized carbons (Fsp3) is 0.308. The number of nitrogens with one attached hydrogen (secondary N) is 2. The van der Waals surface area contributed by atoms with Crippen LogP contribution in [0.15, 0.2) is 30.3 Å². The van der Waals surface area contributed by atoms with Crippen molar-refractivity contribution in [3.8, 4) is 0 Å². The highest BCUT2D eigenvalue weighted by molar-refractivity contribution is 5.79. The Labute approximate surface area is 115 Å². The SMILES string of the molecule is O=C(O)NNC(=O)CCCC(=O)OCc1ccccc1. The van der Waals surface area contributed by atoms with Crippen LogP contribution in [0.1, 0.15) is 24.8 Å². The average Bonchev–Trinajstić information content (AvgIpc) is 2.44. The van der Waals surface area contributed by atoms with E-state index in [1.54, 1.807) is 5.43 Å². The van der Waals surface area contributed by atoms with Gasteiger partial charge in [-0.05, 0) is 12.0 Å². The molecule has 0 radical (unpaired) electrons. The Hall–Kier alpha value is -2.57. The minimum Gasteiger partial charge on any atom is -0.464 e. The molecule has 7 heteroatoms. The zero-order chi connectivity index (χ0) is 14.8. The molecule has 0 saturated heterocycles. The predicted molar refractivity (Wildman–Crippen MR) is 69.4 cm³/mol. The number of carbonyl (C=O) groups excluding carboxylic acids is 2. The van der Waals surface area contributed by atoms with E-state index in [1.165, 1.54) is 0 Å². The Bertz CT molecular complexity index is 461. The van der Waals surface area contributed by atoms with Gasteiger partial charge in [-0.25, -0.2) is 10.2 Å². The monoisotopic (exact) mass is 280 g/mol. The van der Waals surface area contributed by atoms with E-state index in [1.807, 2.05) is 35.8 Å². The van der Waals surface area contributed by atoms with Gasteiger partial charge < -0.3 is 9.84 Å². The number of rotatable bonds is 6. The van der Waals surface area contributed by atoms with Gasteiger partial charge in [0.05, 0.1) is 0 Å². The minimum absolute atomic E-state index is 0.0424. The van der Waals surface area contributed by atoms with Crippen LogP contribution in [-0.2, 0) is 20.9 Å². The molecule has 1 rings (SSSR count). The molecule has 0 unspecified atom stereocenters. The third-order valence-electron chi connectivity index (χ3n) is 2.34. The van der Waals surface area contributed by atoms with Gasteiger partial charge in [0.15, 0.2) is 0 Å². The smallest absolute Gasteiger partial charge is 0.423 e. The van der Waals surface area contributed by atoms with Gasteiger partial charge in [-0.15, -0.1) is 0 Å². The molecule has 3 N–H and O–H groups in total. The first-order valence-electron chi connectivity index (χ1n) is 6.05. The summed E-state index contributed by atoms with van der Waals surface area (Å²) in [6, 6.07) is 9.26. The second kappa shape index (κ2) is 8.52. The third kappa shape index (κ3) is 7.00. The maximum Gasteiger partial charge on any atom is 0.423 e. The first kappa shape index (κ1) is 15.5. The number of hydrogen-bond donors (Lipinski definition) is 3. The lowest BCUT2D eigenvalue weighted by atomic mass is 10.2. The van der Waals surface area contributed by atoms with E-state index in [0.717, 1.165) is 5.56 Å². The number of carboxylic acid groups (broad SMARTS) is 1. The third-order valence-corrected chi connectivity index (χ3v) is 2.34. The van der Waals surface area contributed by atoms with Gasteiger partial charge in [0.1, 0.15) is 6.61 Å². The second-order valence-corrected chi connectivity index (χ2v) is 3.98. The van der Waals surface area contributed by atoms with Crippen LogP contribution in [0.25, 0.3) is 0 Å². The lowest BCUT2D eigenvalue weighted by Crippen LogP contribution is -2.40. The first-order valence-corrected chi connectivity index (χ1v) is 6.05. The zero-order valence-corrected chi connectivity index (χ0v) is 10.8. The van der Waals surface area contributed by atoms with Crippen molar-refractivity contribution in [3.05, 3.63) is 35.9 Å². The molecule has 0 saturated carbocycles. The van der Waals surface area contributed by atoms with Crippen LogP contribution in [0.2, 0.25) is 0 Å². The van der Waals surface area contributed by atoms with Crippen LogP contribution in [0.3, 0.4) is 0 Å². The van der Waals surface area contributed by atoms with Crippen LogP contribution in [-0.4, -0.2) is 23.1 Å². The van der Waals surface area contributed by atoms with Gasteiger partial charge in [-0.1, -0.05) is 30.3 Å². The van der Waals surface area contributed by atoms with Crippen molar-refractivity contribution in [2.75, 3.05) is 0 Å². The lowest BCUT2D eigenvalue weighted by Gasteiger charge is -2.05. The summed E-state index contributed by atoms with van der Waals surface area (Å²) in [6.07, 6.45) is -0.907. The van der Waals surface area contributed by atoms with Crippen molar-refractivity contribution >= 4 is 18.0 Å². The fourth-order valence-corrected chi connectivity index (χ4v) is 1.39. The van der Waals surface area contributed by atoms with Crippen LogP contribution < -0.4 is 10.9 Å². The van der Waals surface area contributed by atoms with E-state index < -0.39 is 18.0 Å². The molecular weight excluding hydrogens is 264 g/mol. The Morgan fingerprint density at radius 2 is 1.75 bits per heavy atom. The van der Waals surface area contributed by atoms with Gasteiger partial charge in [0, 0.05) is 12.8 Å². The van der Waals surface area contributed by atoms with Crippen molar-refractivity contribution in [2.24, 2.45) is 0 Å². The van der Waals surface area contributed by atoms with E-state index in [2.05, 4.69) is 0 Å². The number of esters is 1. The van der Waals surface area contributed by atoms with Crippen molar-refractivity contribution in [2.45, 2.75) is 25.9 Å². The predicted octanol–water partition coefficient (Wildman–Crippen LogP) is 1.20. The minimum atomic E-state index is -1.35. The molecule has 0 aromatic heterocycles. The molecule has 0 fully saturated rings. The van der Waals surface area contributed by atoms with Gasteiger partial charge in [0.25, 0.3) is 0 Å². The van der Waals surface area contributed by atoms with Gasteiger partial charge in [-0.3, -0.25) is 15.0 Å². The highest BCUT2D eigenvalue weighted by atomic mass is 16.5. The van der Waals surface area contributed by atoms with Crippen LogP contribution in [0.5, 0.6) is 0 Å². The maximum atomic E-state index is 11.4. The Morgan fingerprint density at radius 3 is 2.40 bits per heavy atom. The maximum absolute atomic E-state index is 11.4. The summed E-state index contributed by atoms with van der Waals surface area (Å²) in [4.78, 5) is 32.6. The second-order valence-electron chi connectivity index (χ2n) is 3.98. The van der Waals surface area contributed by atoms with Crippen molar-refractivity contribution in [3.63, 3.8) is 0 Å². The van der Waals surface area contributed by atoms with Gasteiger partial charge in [-0.2, -0.15) is 0 Å². The highest BCUT2D eigenvalue weighted by Gasteiger charge is 2.07. The molecule has 0 heterocycles. The van der Waals surface area contributed by atoms with Crippen LogP contribution in [0.4, 0.5) is 4.79 Å². The number of hydrazine groups is 1. The molecule has 0 spiro atoms. The molecule has 0 bridgehead atoms. The van der Waals surface area contributed by atoms with Crippen molar-refractivity contribution in [1.29, 1.82) is 0 Å². The summed E-state index contributed by atoms with van der Waals surface area (Å²) in [7, 11) is 0. The van der Waals surface area contributed by atoms with Crippen LogP contribution in [0, 0.1) is 0 Å². The summed E-state index contributed by atoms with van der Waals surface area (Å²) >= 11 is 0. The molecule has 7 nitrogen and oxygen atoms in total. The number of hydrogen-bond acceptors (Lipinski definition) is 4. The van der Waals surface area contributed by atoms with Gasteiger partial charge in [0.2, 0.25) is 5.91 Å². The molecule has 1 aromatic carbocycles. The van der Waals surface area contributed by atoms with Crippen LogP contribution >= 0.6 is 0 Å². The average molecular weight is 280 g/mol. The Morgan fingerprint density at radius 1 is 1.05 bits per heavy atom. The quantitative estimate of drug-likeness (QED) is 0.536. The van der Waals surface area contributed by atoms with E-state index >= 15 is 0 Å². The standard InChI is InChI=1S/C13H16N2O5/c16-11(14-15-13(18)19)7-4-8-12(17)20-9-10-5-2-1-3-6-10/h1-3,5-6,15H,4,7-9H2,(H,14,16)(H,18,19). The summed E-state index contributed by atoms with van der Waals surface area (Å²) in [6.45, 7) is 0.201. The molecule has 0 aliphatic heterocycles. The topological polar surface area (TPSA) is 105 Å². The first-order chi connectivity index (χ1) is 9.58. The molecule has 1 aromatic rings. The molecular formula is C13H16N2O5. The van der Waals surface area contributed by atoms with E-state index in [4.69, 9.17) is 9.84 Å². The number of benzene rings is 1. The molecule has 0 atom stereocenters. The zero-order valence-electron chi connectivity index (χ0n) is 10.8. The lowest BCUT2D eigenvalue weighted by molar-refractivity contribution is -0.145. The molecule has 0 aliphatic carbocycles. The number of ether oxygens (including phenoxy) is 1. The van der Waals surface area contributed by atoms with E-state index in [0.29, 0.717) is 6.42 Å². The van der Waals surface area contributed by atoms with Crippen molar-refractivity contribution in [1.82, 2.24) is 10.9 Å². The highest BCUT2D eigenvalue weighted by Crippen LogP contribution is 2.03. The Kier molecular flexibility index (Phi) is 6.60. The molecule has 0 aliphatic rings. The molecule has 2 amide bonds. The van der Waals surface area contributed by atoms with Gasteiger partial charge >= 0.3 is 12.1 Å². The largest absolute Gasteiger partial charge is 0.464 e. The summed E-state index contributed by atoms with van der Waals surface area (Å²) in [5, 5.41) is 8.25. The summed E-state index contributed by atoms with van der Waals surface area (Å²) in [5.74, 6) is -0.892.